The number of sulfonamides is 1. The van der Waals surface area contributed by atoms with Gasteiger partial charge in [-0.3, -0.25) is 4.79 Å². The van der Waals surface area contributed by atoms with Crippen LogP contribution in [0, 0.1) is 17.7 Å². The maximum Gasteiger partial charge on any atom is 0.281 e. The van der Waals surface area contributed by atoms with Crippen molar-refractivity contribution in [3.05, 3.63) is 59.9 Å². The van der Waals surface area contributed by atoms with Crippen LogP contribution in [0.4, 0.5) is 16.0 Å². The number of halogens is 1. The lowest BCUT2D eigenvalue weighted by Gasteiger charge is -2.34. The van der Waals surface area contributed by atoms with Crippen molar-refractivity contribution in [1.29, 1.82) is 0 Å². The number of carbonyl (C=O) groups excluding carboxylic acids is 1. The standard InChI is InChI=1S/C28H34FN5O4S/c1-17(2)16-38-21-12-19(11-20(29)13-21)23-10-9-22(26(31-23)34-15-18(3)14-28(34,4)5)27(35)33-39(36,37)25-8-6-7-24(30)32-25/h6-13,17-18H,14-16H2,1-5H3,(H2,30,32)(H,33,35). The Morgan fingerprint density at radius 1 is 1.21 bits per heavy atom. The Morgan fingerprint density at radius 2 is 1.95 bits per heavy atom. The highest BCUT2D eigenvalue weighted by Gasteiger charge is 2.39. The lowest BCUT2D eigenvalue weighted by atomic mass is 9.97. The number of carbonyl (C=O) groups is 1. The number of hydrogen-bond acceptors (Lipinski definition) is 8. The highest BCUT2D eigenvalue weighted by molar-refractivity contribution is 7.90. The molecule has 1 aliphatic rings. The Bertz CT molecular complexity index is 1490. The molecule has 3 N–H and O–H groups in total. The highest BCUT2D eigenvalue weighted by atomic mass is 32.2. The molecule has 1 amide bonds. The van der Waals surface area contributed by atoms with Gasteiger partial charge in [-0.15, -0.1) is 0 Å². The van der Waals surface area contributed by atoms with E-state index < -0.39 is 21.7 Å². The second-order valence-corrected chi connectivity index (χ2v) is 12.6. The first-order chi connectivity index (χ1) is 18.2. The van der Waals surface area contributed by atoms with Crippen LogP contribution in [0.3, 0.4) is 0 Å². The van der Waals surface area contributed by atoms with Gasteiger partial charge in [0.2, 0.25) is 0 Å². The summed E-state index contributed by atoms with van der Waals surface area (Å²) in [5.74, 6) is -0.0688. The van der Waals surface area contributed by atoms with Crippen molar-refractivity contribution < 1.29 is 22.3 Å². The average Bonchev–Trinajstić information content (AvgIpc) is 3.13. The van der Waals surface area contributed by atoms with E-state index in [2.05, 4.69) is 16.6 Å². The van der Waals surface area contributed by atoms with Gasteiger partial charge in [0.05, 0.1) is 17.9 Å². The first-order valence-corrected chi connectivity index (χ1v) is 14.3. The number of nitrogens with one attached hydrogen (secondary N) is 1. The molecule has 1 fully saturated rings. The van der Waals surface area contributed by atoms with Gasteiger partial charge in [0.15, 0.2) is 5.03 Å². The molecule has 39 heavy (non-hydrogen) atoms. The predicted molar refractivity (Wildman–Crippen MR) is 148 cm³/mol. The van der Waals surface area contributed by atoms with E-state index in [4.69, 9.17) is 15.5 Å². The smallest absolute Gasteiger partial charge is 0.281 e. The fourth-order valence-electron chi connectivity index (χ4n) is 4.82. The molecule has 11 heteroatoms. The molecule has 2 aromatic heterocycles. The molecule has 3 aromatic rings. The summed E-state index contributed by atoms with van der Waals surface area (Å²) >= 11 is 0. The zero-order valence-electron chi connectivity index (χ0n) is 22.7. The van der Waals surface area contributed by atoms with Crippen LogP contribution in [0.25, 0.3) is 11.3 Å². The van der Waals surface area contributed by atoms with Crippen molar-refractivity contribution in [2.75, 3.05) is 23.8 Å². The summed E-state index contributed by atoms with van der Waals surface area (Å²) < 4.78 is 48.2. The van der Waals surface area contributed by atoms with E-state index in [1.807, 2.05) is 32.6 Å². The molecule has 1 aliphatic heterocycles. The van der Waals surface area contributed by atoms with Gasteiger partial charge >= 0.3 is 0 Å². The topological polar surface area (TPSA) is 128 Å². The molecule has 3 heterocycles. The molecule has 4 rings (SSSR count). The minimum Gasteiger partial charge on any atom is -0.493 e. The molecule has 0 spiro atoms. The molecule has 1 aromatic carbocycles. The summed E-state index contributed by atoms with van der Waals surface area (Å²) in [6, 6.07) is 11.6. The van der Waals surface area contributed by atoms with Crippen LogP contribution in [0.2, 0.25) is 0 Å². The van der Waals surface area contributed by atoms with Crippen LogP contribution < -0.4 is 20.1 Å². The highest BCUT2D eigenvalue weighted by Crippen LogP contribution is 2.38. The molecule has 1 atom stereocenters. The monoisotopic (exact) mass is 555 g/mol. The summed E-state index contributed by atoms with van der Waals surface area (Å²) in [6.45, 7) is 11.2. The van der Waals surface area contributed by atoms with Crippen LogP contribution >= 0.6 is 0 Å². The summed E-state index contributed by atoms with van der Waals surface area (Å²) in [5.41, 5.74) is 6.24. The molecule has 208 valence electrons. The number of amides is 1. The number of pyridine rings is 2. The minimum absolute atomic E-state index is 0.0108. The maximum atomic E-state index is 14.5. The number of benzene rings is 1. The Labute approximate surface area is 228 Å². The second-order valence-electron chi connectivity index (χ2n) is 11.0. The van der Waals surface area contributed by atoms with Crippen molar-refractivity contribution in [2.24, 2.45) is 11.8 Å². The number of aromatic nitrogens is 2. The van der Waals surface area contributed by atoms with Gasteiger partial charge in [-0.2, -0.15) is 8.42 Å². The van der Waals surface area contributed by atoms with Gasteiger partial charge in [0.1, 0.15) is 23.2 Å². The van der Waals surface area contributed by atoms with E-state index in [0.717, 1.165) is 6.42 Å². The maximum absolute atomic E-state index is 14.5. The Hall–Kier alpha value is -3.73. The van der Waals surface area contributed by atoms with E-state index in [0.29, 0.717) is 41.9 Å². The third-order valence-corrected chi connectivity index (χ3v) is 7.68. The van der Waals surface area contributed by atoms with Crippen molar-refractivity contribution in [3.8, 4) is 17.0 Å². The fraction of sp³-hybridized carbons (Fsp3) is 0.393. The molecular formula is C28H34FN5O4S. The Balaban J connectivity index is 1.76. The molecule has 0 aliphatic carbocycles. The molecule has 1 saturated heterocycles. The van der Waals surface area contributed by atoms with Crippen molar-refractivity contribution in [3.63, 3.8) is 0 Å². The summed E-state index contributed by atoms with van der Waals surface area (Å²) in [7, 11) is -4.30. The number of nitrogen functional groups attached to an aromatic ring is 1. The van der Waals surface area contributed by atoms with Crippen LogP contribution in [0.5, 0.6) is 5.75 Å². The first kappa shape index (κ1) is 28.3. The summed E-state index contributed by atoms with van der Waals surface area (Å²) in [6.07, 6.45) is 0.846. The minimum atomic E-state index is -4.30. The van der Waals surface area contributed by atoms with Crippen LogP contribution in [0.15, 0.2) is 53.6 Å². The average molecular weight is 556 g/mol. The van der Waals surface area contributed by atoms with Crippen LogP contribution in [-0.4, -0.2) is 43.0 Å². The summed E-state index contributed by atoms with van der Waals surface area (Å²) in [5, 5.41) is -0.370. The Morgan fingerprint density at radius 3 is 2.59 bits per heavy atom. The molecule has 0 bridgehead atoms. The van der Waals surface area contributed by atoms with Crippen molar-refractivity contribution in [1.82, 2.24) is 14.7 Å². The zero-order valence-corrected chi connectivity index (χ0v) is 23.5. The third kappa shape index (κ3) is 6.47. The van der Waals surface area contributed by atoms with E-state index in [9.17, 15) is 17.6 Å². The number of nitrogens with zero attached hydrogens (tertiary/aromatic N) is 3. The van der Waals surface area contributed by atoms with E-state index in [-0.39, 0.29) is 27.9 Å². The van der Waals surface area contributed by atoms with Gasteiger partial charge in [0, 0.05) is 23.7 Å². The number of anilines is 2. The number of ether oxygens (including phenoxy) is 1. The first-order valence-electron chi connectivity index (χ1n) is 12.8. The van der Waals surface area contributed by atoms with Crippen molar-refractivity contribution >= 4 is 27.6 Å². The van der Waals surface area contributed by atoms with E-state index in [1.54, 1.807) is 12.1 Å². The fourth-order valence-corrected chi connectivity index (χ4v) is 5.76. The third-order valence-electron chi connectivity index (χ3n) is 6.45. The van der Waals surface area contributed by atoms with Gasteiger partial charge in [-0.25, -0.2) is 19.1 Å². The molecule has 1 unspecified atom stereocenters. The number of hydrogen-bond donors (Lipinski definition) is 2. The van der Waals surface area contributed by atoms with Gasteiger partial charge in [-0.1, -0.05) is 26.8 Å². The van der Waals surface area contributed by atoms with Gasteiger partial charge in [-0.05, 0) is 68.5 Å². The molecule has 0 saturated carbocycles. The van der Waals surface area contributed by atoms with Crippen molar-refractivity contribution in [2.45, 2.75) is 51.6 Å². The normalized spacial score (nSPS) is 16.9. The lowest BCUT2D eigenvalue weighted by Crippen LogP contribution is -2.41. The quantitative estimate of drug-likeness (QED) is 0.411. The SMILES string of the molecule is CC(C)COc1cc(F)cc(-c2ccc(C(=O)NS(=O)(=O)c3cccc(N)n3)c(N3CC(C)CC3(C)C)n2)c1. The summed E-state index contributed by atoms with van der Waals surface area (Å²) in [4.78, 5) is 24.0. The molecule has 9 nitrogen and oxygen atoms in total. The van der Waals surface area contributed by atoms with E-state index >= 15 is 0 Å². The molecule has 0 radical (unpaired) electrons. The number of nitrogens with two attached hydrogens (primary N) is 1. The number of rotatable bonds is 8. The van der Waals surface area contributed by atoms with Crippen LogP contribution in [0.1, 0.15) is 51.4 Å². The predicted octanol–water partition coefficient (Wildman–Crippen LogP) is 4.64. The van der Waals surface area contributed by atoms with Gasteiger partial charge < -0.3 is 15.4 Å². The largest absolute Gasteiger partial charge is 0.493 e. The van der Waals surface area contributed by atoms with Crippen LogP contribution in [-0.2, 0) is 10.0 Å². The second kappa shape index (κ2) is 10.8. The lowest BCUT2D eigenvalue weighted by molar-refractivity contribution is 0.0981. The Kier molecular flexibility index (Phi) is 7.83. The van der Waals surface area contributed by atoms with E-state index in [1.165, 1.54) is 36.4 Å². The van der Waals surface area contributed by atoms with Gasteiger partial charge in [0.25, 0.3) is 15.9 Å². The zero-order chi connectivity index (χ0) is 28.5. The molecular weight excluding hydrogens is 521 g/mol.